The quantitative estimate of drug-likeness (QED) is 0.306. The Morgan fingerprint density at radius 1 is 1.04 bits per heavy atom. The maximum absolute atomic E-state index is 14.6. The minimum atomic E-state index is -1.05. The molecule has 3 N–H and O–H groups in total. The van der Waals surface area contributed by atoms with Crippen LogP contribution >= 0.6 is 11.6 Å². The van der Waals surface area contributed by atoms with Crippen molar-refractivity contribution in [3.05, 3.63) is 100 Å². The molecule has 0 radical (unpaired) electrons. The van der Waals surface area contributed by atoms with E-state index < -0.39 is 41.5 Å². The summed E-state index contributed by atoms with van der Waals surface area (Å²) in [5.41, 5.74) is 1.48. The SMILES string of the molecule is COc1cc(Cl)cc2cc(C(=O)N3CC(=O)NCCCc4ccc(F)c(c4)C(=O)N[C@H](C)C(=O)N[C@@H](c4ccccc4)C3)oc12. The monoisotopic (exact) mass is 634 g/mol. The highest BCUT2D eigenvalue weighted by molar-refractivity contribution is 6.31. The van der Waals surface area contributed by atoms with Crippen LogP contribution in [0.2, 0.25) is 5.02 Å². The molecule has 0 spiro atoms. The first-order valence-corrected chi connectivity index (χ1v) is 14.8. The van der Waals surface area contributed by atoms with E-state index in [0.717, 1.165) is 0 Å². The van der Waals surface area contributed by atoms with Crippen LogP contribution in [0.1, 0.15) is 51.4 Å². The lowest BCUT2D eigenvalue weighted by Gasteiger charge is -2.28. The van der Waals surface area contributed by atoms with Gasteiger partial charge in [-0.1, -0.05) is 48.0 Å². The zero-order valence-electron chi connectivity index (χ0n) is 24.7. The number of hydrogen-bond donors (Lipinski definition) is 3. The highest BCUT2D eigenvalue weighted by atomic mass is 35.5. The molecule has 1 aliphatic rings. The van der Waals surface area contributed by atoms with Crippen LogP contribution in [0.4, 0.5) is 4.39 Å². The van der Waals surface area contributed by atoms with E-state index in [0.29, 0.717) is 45.7 Å². The molecular formula is C33H32ClFN4O6. The fraction of sp³-hybridized carbons (Fsp3) is 0.273. The molecule has 0 fully saturated rings. The second-order valence-electron chi connectivity index (χ2n) is 10.8. The van der Waals surface area contributed by atoms with Crippen molar-refractivity contribution in [3.63, 3.8) is 0 Å². The van der Waals surface area contributed by atoms with Gasteiger partial charge < -0.3 is 30.0 Å². The number of nitrogens with one attached hydrogen (secondary N) is 3. The van der Waals surface area contributed by atoms with Crippen molar-refractivity contribution in [1.82, 2.24) is 20.9 Å². The van der Waals surface area contributed by atoms with E-state index in [2.05, 4.69) is 16.0 Å². The number of fused-ring (bicyclic) bond motifs is 3. The number of nitrogens with zero attached hydrogens (tertiary/aromatic N) is 1. The third kappa shape index (κ3) is 7.43. The van der Waals surface area contributed by atoms with E-state index >= 15 is 0 Å². The van der Waals surface area contributed by atoms with Gasteiger partial charge in [0.25, 0.3) is 11.8 Å². The van der Waals surface area contributed by atoms with Gasteiger partial charge in [-0.3, -0.25) is 19.2 Å². The molecule has 4 amide bonds. The molecule has 3 aromatic carbocycles. The first kappa shape index (κ1) is 31.5. The molecule has 45 heavy (non-hydrogen) atoms. The third-order valence-electron chi connectivity index (χ3n) is 7.50. The summed E-state index contributed by atoms with van der Waals surface area (Å²) in [5.74, 6) is -2.75. The zero-order valence-corrected chi connectivity index (χ0v) is 25.4. The summed E-state index contributed by atoms with van der Waals surface area (Å²) in [5, 5.41) is 9.20. The Bertz CT molecular complexity index is 1740. The molecule has 2 bridgehead atoms. The number of benzene rings is 3. The smallest absolute Gasteiger partial charge is 0.290 e. The molecule has 0 saturated carbocycles. The minimum absolute atomic E-state index is 0.0515. The van der Waals surface area contributed by atoms with E-state index in [1.165, 1.54) is 37.1 Å². The largest absolute Gasteiger partial charge is 0.493 e. The average Bonchev–Trinajstić information content (AvgIpc) is 3.46. The molecule has 0 saturated heterocycles. The van der Waals surface area contributed by atoms with Gasteiger partial charge in [0.1, 0.15) is 18.4 Å². The number of aryl methyl sites for hydroxylation is 1. The Kier molecular flexibility index (Phi) is 9.68. The fourth-order valence-corrected chi connectivity index (χ4v) is 5.36. The summed E-state index contributed by atoms with van der Waals surface area (Å²) in [6.45, 7) is 1.30. The fourth-order valence-electron chi connectivity index (χ4n) is 5.15. The van der Waals surface area contributed by atoms with Crippen LogP contribution in [0.5, 0.6) is 5.75 Å². The Hall–Kier alpha value is -4.90. The van der Waals surface area contributed by atoms with Gasteiger partial charge in [0.05, 0.1) is 18.7 Å². The van der Waals surface area contributed by atoms with Crippen molar-refractivity contribution >= 4 is 46.2 Å². The molecule has 10 nitrogen and oxygen atoms in total. The molecule has 2 atom stereocenters. The van der Waals surface area contributed by atoms with Gasteiger partial charge in [-0.15, -0.1) is 0 Å². The number of halogens is 2. The first-order chi connectivity index (χ1) is 21.6. The Morgan fingerprint density at radius 3 is 2.58 bits per heavy atom. The van der Waals surface area contributed by atoms with Gasteiger partial charge in [-0.05, 0) is 55.2 Å². The predicted octanol–water partition coefficient (Wildman–Crippen LogP) is 4.41. The van der Waals surface area contributed by atoms with Crippen LogP contribution < -0.4 is 20.7 Å². The first-order valence-electron chi connectivity index (χ1n) is 14.4. The number of rotatable bonds is 3. The second-order valence-corrected chi connectivity index (χ2v) is 11.2. The van der Waals surface area contributed by atoms with Gasteiger partial charge in [-0.2, -0.15) is 0 Å². The van der Waals surface area contributed by atoms with Crippen molar-refractivity contribution in [2.45, 2.75) is 31.8 Å². The summed E-state index contributed by atoms with van der Waals surface area (Å²) < 4.78 is 25.8. The second kappa shape index (κ2) is 13.8. The number of carbonyl (C=O) groups excluding carboxylic acids is 4. The van der Waals surface area contributed by atoms with E-state index in [-0.39, 0.29) is 31.0 Å². The number of methoxy groups -OCH3 is 1. The van der Waals surface area contributed by atoms with Crippen molar-refractivity contribution in [2.24, 2.45) is 0 Å². The highest BCUT2D eigenvalue weighted by Gasteiger charge is 2.29. The van der Waals surface area contributed by atoms with E-state index in [1.54, 1.807) is 48.5 Å². The summed E-state index contributed by atoms with van der Waals surface area (Å²) >= 11 is 6.21. The van der Waals surface area contributed by atoms with Crippen LogP contribution in [-0.2, 0) is 16.0 Å². The van der Waals surface area contributed by atoms with E-state index in [1.807, 2.05) is 0 Å². The third-order valence-corrected chi connectivity index (χ3v) is 7.72. The molecule has 0 aliphatic carbocycles. The lowest BCUT2D eigenvalue weighted by molar-refractivity contribution is -0.123. The Morgan fingerprint density at radius 2 is 1.82 bits per heavy atom. The predicted molar refractivity (Wildman–Crippen MR) is 166 cm³/mol. The summed E-state index contributed by atoms with van der Waals surface area (Å²) in [4.78, 5) is 54.8. The molecule has 1 aliphatic heterocycles. The number of furan rings is 1. The Balaban J connectivity index is 1.49. The molecule has 0 unspecified atom stereocenters. The van der Waals surface area contributed by atoms with E-state index in [9.17, 15) is 23.6 Å². The number of carbonyl (C=O) groups is 4. The summed E-state index contributed by atoms with van der Waals surface area (Å²) in [6, 6.07) is 16.0. The van der Waals surface area contributed by atoms with Crippen LogP contribution in [0.3, 0.4) is 0 Å². The lowest BCUT2D eigenvalue weighted by Crippen LogP contribution is -2.49. The van der Waals surface area contributed by atoms with Gasteiger partial charge in [-0.25, -0.2) is 4.39 Å². The highest BCUT2D eigenvalue weighted by Crippen LogP contribution is 2.33. The normalized spacial score (nSPS) is 18.5. The van der Waals surface area contributed by atoms with Gasteiger partial charge in [0, 0.05) is 29.6 Å². The van der Waals surface area contributed by atoms with Crippen LogP contribution in [-0.4, -0.2) is 61.3 Å². The van der Waals surface area contributed by atoms with Crippen molar-refractivity contribution < 1.29 is 32.7 Å². The molecule has 2 heterocycles. The maximum atomic E-state index is 14.6. The molecule has 5 rings (SSSR count). The zero-order chi connectivity index (χ0) is 32.1. The van der Waals surface area contributed by atoms with Gasteiger partial charge in [0.15, 0.2) is 17.1 Å². The lowest BCUT2D eigenvalue weighted by atomic mass is 10.0. The number of hydrogen-bond acceptors (Lipinski definition) is 6. The topological polar surface area (TPSA) is 130 Å². The number of amides is 4. The maximum Gasteiger partial charge on any atom is 0.290 e. The van der Waals surface area contributed by atoms with Crippen LogP contribution in [0, 0.1) is 5.82 Å². The Labute approximate surface area is 263 Å². The standard InChI is InChI=1S/C33H32ClFN4O6/c1-19-31(41)38-26(21-8-4-3-5-9-21)17-39(33(43)28-15-22-14-23(34)16-27(44-2)30(22)45-28)18-29(40)36-12-6-7-20-10-11-25(35)24(13-20)32(42)37-19/h3-5,8-11,13-16,19,26H,6-7,12,17-18H2,1-2H3,(H,36,40)(H,37,42)(H,38,41)/t19-,26-/m1/s1. The van der Waals surface area contributed by atoms with Gasteiger partial charge >= 0.3 is 0 Å². The minimum Gasteiger partial charge on any atom is -0.493 e. The van der Waals surface area contributed by atoms with Crippen molar-refractivity contribution in [3.8, 4) is 5.75 Å². The molecular weight excluding hydrogens is 603 g/mol. The van der Waals surface area contributed by atoms with Crippen molar-refractivity contribution in [2.75, 3.05) is 26.7 Å². The summed E-state index contributed by atoms with van der Waals surface area (Å²) in [6.07, 6.45) is 0.957. The van der Waals surface area contributed by atoms with Crippen LogP contribution in [0.15, 0.2) is 71.1 Å². The number of ether oxygens (including phenoxy) is 1. The molecule has 12 heteroatoms. The molecule has 4 aromatic rings. The molecule has 1 aromatic heterocycles. The molecule has 234 valence electrons. The van der Waals surface area contributed by atoms with E-state index in [4.69, 9.17) is 20.8 Å². The summed E-state index contributed by atoms with van der Waals surface area (Å²) in [7, 11) is 1.45. The van der Waals surface area contributed by atoms with Crippen molar-refractivity contribution in [1.29, 1.82) is 0 Å². The van der Waals surface area contributed by atoms with Crippen LogP contribution in [0.25, 0.3) is 11.0 Å². The average molecular weight is 635 g/mol. The van der Waals surface area contributed by atoms with Gasteiger partial charge in [0.2, 0.25) is 11.8 Å².